The topological polar surface area (TPSA) is 87.0 Å². The monoisotopic (exact) mass is 364 g/mol. The first-order valence-corrected chi connectivity index (χ1v) is 8.50. The maximum atomic E-state index is 11.4. The molecule has 0 bridgehead atoms. The molecule has 0 aliphatic heterocycles. The van der Waals surface area contributed by atoms with Gasteiger partial charge < -0.3 is 20.1 Å². The third-order valence-electron chi connectivity index (χ3n) is 4.45. The minimum atomic E-state index is -2.57. The Labute approximate surface area is 157 Å². The summed E-state index contributed by atoms with van der Waals surface area (Å²) in [5, 5.41) is 30.2. The Kier molecular flexibility index (Phi) is 5.26. The first-order chi connectivity index (χ1) is 12.9. The van der Waals surface area contributed by atoms with Crippen LogP contribution in [0, 0.1) is 0 Å². The third-order valence-corrected chi connectivity index (χ3v) is 4.45. The molecule has 1 unspecified atom stereocenters. The molecule has 3 aromatic carbocycles. The van der Waals surface area contributed by atoms with E-state index in [0.717, 1.165) is 11.1 Å². The lowest BCUT2D eigenvalue weighted by molar-refractivity contribution is -0.304. The van der Waals surface area contributed by atoms with Gasteiger partial charge in [0.1, 0.15) is 5.75 Å². The van der Waals surface area contributed by atoms with Crippen LogP contribution in [0.5, 0.6) is 5.75 Å². The zero-order valence-electron chi connectivity index (χ0n) is 14.7. The quantitative estimate of drug-likeness (QED) is 0.578. The standard InChI is InChI=1S/C22H20O5/c1-15(19-9-5-6-10-20(19)21(23)24)22(25,26)27-18-13-11-17(12-14-18)16-7-3-2-4-8-16/h2-15,25-26H,1H3,(H,23,24). The number of benzene rings is 3. The molecule has 0 aliphatic rings. The van der Waals surface area contributed by atoms with E-state index in [-0.39, 0.29) is 16.9 Å². The van der Waals surface area contributed by atoms with Crippen molar-refractivity contribution in [1.29, 1.82) is 0 Å². The largest absolute Gasteiger partial charge is 0.478 e. The lowest BCUT2D eigenvalue weighted by Gasteiger charge is -2.29. The van der Waals surface area contributed by atoms with Gasteiger partial charge in [0.15, 0.2) is 0 Å². The van der Waals surface area contributed by atoms with Gasteiger partial charge in [-0.25, -0.2) is 4.79 Å². The van der Waals surface area contributed by atoms with E-state index in [1.165, 1.54) is 19.1 Å². The molecule has 3 aromatic rings. The van der Waals surface area contributed by atoms with Crippen LogP contribution in [0.3, 0.4) is 0 Å². The lowest BCUT2D eigenvalue weighted by Crippen LogP contribution is -2.41. The van der Waals surface area contributed by atoms with Gasteiger partial charge in [-0.05, 0) is 41.8 Å². The van der Waals surface area contributed by atoms with Crippen molar-refractivity contribution in [3.63, 3.8) is 0 Å². The van der Waals surface area contributed by atoms with Crippen molar-refractivity contribution in [1.82, 2.24) is 0 Å². The van der Waals surface area contributed by atoms with E-state index in [2.05, 4.69) is 0 Å². The summed E-state index contributed by atoms with van der Waals surface area (Å²) in [6.45, 7) is 1.50. The molecule has 0 heterocycles. The first kappa shape index (κ1) is 18.6. The Bertz CT molecular complexity index is 917. The fourth-order valence-electron chi connectivity index (χ4n) is 2.88. The van der Waals surface area contributed by atoms with E-state index in [0.29, 0.717) is 0 Å². The Morgan fingerprint density at radius 2 is 1.41 bits per heavy atom. The summed E-state index contributed by atoms with van der Waals surface area (Å²) >= 11 is 0. The molecular formula is C22H20O5. The van der Waals surface area contributed by atoms with Gasteiger partial charge in [-0.1, -0.05) is 60.7 Å². The van der Waals surface area contributed by atoms with Crippen molar-refractivity contribution in [3.8, 4) is 16.9 Å². The highest BCUT2D eigenvalue weighted by molar-refractivity contribution is 5.89. The number of hydrogen-bond acceptors (Lipinski definition) is 4. The third kappa shape index (κ3) is 4.16. The van der Waals surface area contributed by atoms with Gasteiger partial charge in [0.25, 0.3) is 0 Å². The van der Waals surface area contributed by atoms with Crippen LogP contribution in [0.15, 0.2) is 78.9 Å². The van der Waals surface area contributed by atoms with E-state index in [4.69, 9.17) is 4.74 Å². The Morgan fingerprint density at radius 1 is 0.852 bits per heavy atom. The number of aromatic carboxylic acids is 1. The average Bonchev–Trinajstić information content (AvgIpc) is 2.68. The van der Waals surface area contributed by atoms with Gasteiger partial charge in [0.05, 0.1) is 11.5 Å². The second kappa shape index (κ2) is 7.61. The van der Waals surface area contributed by atoms with Crippen LogP contribution in [0.25, 0.3) is 11.1 Å². The van der Waals surface area contributed by atoms with Gasteiger partial charge in [-0.2, -0.15) is 0 Å². The molecule has 0 saturated heterocycles. The summed E-state index contributed by atoms with van der Waals surface area (Å²) in [6.07, 6.45) is 0. The predicted molar refractivity (Wildman–Crippen MR) is 101 cm³/mol. The number of rotatable bonds is 6. The molecule has 0 saturated carbocycles. The summed E-state index contributed by atoms with van der Waals surface area (Å²) in [5.74, 6) is -4.43. The fraction of sp³-hybridized carbons (Fsp3) is 0.136. The molecule has 138 valence electrons. The van der Waals surface area contributed by atoms with E-state index < -0.39 is 17.9 Å². The zero-order valence-corrected chi connectivity index (χ0v) is 14.7. The van der Waals surface area contributed by atoms with Crippen LogP contribution in [0.1, 0.15) is 28.8 Å². The predicted octanol–water partition coefficient (Wildman–Crippen LogP) is 3.87. The summed E-state index contributed by atoms with van der Waals surface area (Å²) in [6, 6.07) is 22.8. The maximum Gasteiger partial charge on any atom is 0.335 e. The highest BCUT2D eigenvalue weighted by Crippen LogP contribution is 2.32. The molecule has 0 radical (unpaired) electrons. The Hall–Kier alpha value is -3.15. The number of carboxylic acid groups (broad SMARTS) is 1. The first-order valence-electron chi connectivity index (χ1n) is 8.50. The smallest absolute Gasteiger partial charge is 0.335 e. The summed E-state index contributed by atoms with van der Waals surface area (Å²) < 4.78 is 5.36. The Balaban J connectivity index is 1.81. The second-order valence-electron chi connectivity index (χ2n) is 6.27. The van der Waals surface area contributed by atoms with Gasteiger partial charge in [-0.3, -0.25) is 0 Å². The van der Waals surface area contributed by atoms with Gasteiger partial charge in [0, 0.05) is 0 Å². The summed E-state index contributed by atoms with van der Waals surface area (Å²) in [4.78, 5) is 11.4. The van der Waals surface area contributed by atoms with E-state index in [1.54, 1.807) is 24.3 Å². The van der Waals surface area contributed by atoms with Crippen LogP contribution >= 0.6 is 0 Å². The van der Waals surface area contributed by atoms with E-state index >= 15 is 0 Å². The van der Waals surface area contributed by atoms with Crippen LogP contribution in [0.2, 0.25) is 0 Å². The molecule has 27 heavy (non-hydrogen) atoms. The molecular weight excluding hydrogens is 344 g/mol. The molecule has 5 nitrogen and oxygen atoms in total. The van der Waals surface area contributed by atoms with E-state index in [9.17, 15) is 20.1 Å². The molecule has 0 aromatic heterocycles. The van der Waals surface area contributed by atoms with Crippen LogP contribution in [-0.2, 0) is 0 Å². The van der Waals surface area contributed by atoms with Crippen LogP contribution in [0.4, 0.5) is 0 Å². The van der Waals surface area contributed by atoms with Gasteiger partial charge in [0.2, 0.25) is 0 Å². The lowest BCUT2D eigenvalue weighted by atomic mass is 9.93. The molecule has 1 atom stereocenters. The summed E-state index contributed by atoms with van der Waals surface area (Å²) in [5.41, 5.74) is 2.28. The number of hydrogen-bond donors (Lipinski definition) is 3. The second-order valence-corrected chi connectivity index (χ2v) is 6.27. The molecule has 0 aliphatic carbocycles. The summed E-state index contributed by atoms with van der Waals surface area (Å²) in [7, 11) is 0. The molecule has 0 amide bonds. The molecule has 0 fully saturated rings. The molecule has 3 N–H and O–H groups in total. The molecule has 3 rings (SSSR count). The van der Waals surface area contributed by atoms with Crippen molar-refractivity contribution in [2.75, 3.05) is 0 Å². The highest BCUT2D eigenvalue weighted by atomic mass is 16.8. The highest BCUT2D eigenvalue weighted by Gasteiger charge is 2.37. The number of carboxylic acids is 1. The van der Waals surface area contributed by atoms with Crippen molar-refractivity contribution >= 4 is 5.97 Å². The molecule has 0 spiro atoms. The van der Waals surface area contributed by atoms with Gasteiger partial charge >= 0.3 is 11.9 Å². The Morgan fingerprint density at radius 3 is 2.04 bits per heavy atom. The van der Waals surface area contributed by atoms with Gasteiger partial charge in [-0.15, -0.1) is 0 Å². The van der Waals surface area contributed by atoms with Crippen molar-refractivity contribution in [3.05, 3.63) is 90.0 Å². The minimum absolute atomic E-state index is 0.000463. The normalized spacial score (nSPS) is 12.4. The van der Waals surface area contributed by atoms with Crippen molar-refractivity contribution in [2.24, 2.45) is 0 Å². The SMILES string of the molecule is CC(c1ccccc1C(=O)O)C(O)(O)Oc1ccc(-c2ccccc2)cc1. The molecule has 5 heteroatoms. The minimum Gasteiger partial charge on any atom is -0.478 e. The van der Waals surface area contributed by atoms with Crippen molar-refractivity contribution < 1.29 is 24.9 Å². The van der Waals surface area contributed by atoms with Crippen LogP contribution in [-0.4, -0.2) is 27.3 Å². The fourth-order valence-corrected chi connectivity index (χ4v) is 2.88. The number of ether oxygens (including phenoxy) is 1. The number of carbonyl (C=O) groups is 1. The van der Waals surface area contributed by atoms with Crippen molar-refractivity contribution in [2.45, 2.75) is 18.8 Å². The maximum absolute atomic E-state index is 11.4. The zero-order chi connectivity index (χ0) is 19.4. The van der Waals surface area contributed by atoms with E-state index in [1.807, 2.05) is 42.5 Å². The van der Waals surface area contributed by atoms with Crippen LogP contribution < -0.4 is 4.74 Å². The average molecular weight is 364 g/mol. The number of aliphatic hydroxyl groups is 2.